The van der Waals surface area contributed by atoms with Gasteiger partial charge in [0.1, 0.15) is 11.2 Å². The van der Waals surface area contributed by atoms with E-state index in [4.69, 9.17) is 9.40 Å². The van der Waals surface area contributed by atoms with Gasteiger partial charge in [0.25, 0.3) is 0 Å². The molecule has 0 atom stereocenters. The number of pyridine rings is 1. The van der Waals surface area contributed by atoms with Crippen LogP contribution in [0.2, 0.25) is 0 Å². The van der Waals surface area contributed by atoms with Crippen LogP contribution in [-0.4, -0.2) is 9.55 Å². The van der Waals surface area contributed by atoms with Crippen molar-refractivity contribution in [2.24, 2.45) is 0 Å². The van der Waals surface area contributed by atoms with E-state index in [0.29, 0.717) is 0 Å². The van der Waals surface area contributed by atoms with Gasteiger partial charge in [-0.25, -0.2) is 4.98 Å². The van der Waals surface area contributed by atoms with Crippen LogP contribution in [0.3, 0.4) is 0 Å². The van der Waals surface area contributed by atoms with Gasteiger partial charge in [0.05, 0.1) is 27.8 Å². The largest absolute Gasteiger partial charge is 0.455 e. The lowest BCUT2D eigenvalue weighted by Gasteiger charge is -2.10. The highest BCUT2D eigenvalue weighted by atomic mass is 16.3. The van der Waals surface area contributed by atoms with Gasteiger partial charge in [-0.3, -0.25) is 0 Å². The Morgan fingerprint density at radius 2 is 0.960 bits per heavy atom. The third kappa shape index (κ3) is 4.56. The van der Waals surface area contributed by atoms with Crippen LogP contribution in [0, 0.1) is 0 Å². The summed E-state index contributed by atoms with van der Waals surface area (Å²) in [4.78, 5) is 5.12. The first-order chi connectivity index (χ1) is 24.8. The number of furan rings is 1. The fraction of sp³-hybridized carbons (Fsp3) is 0. The van der Waals surface area contributed by atoms with E-state index in [0.717, 1.165) is 83.1 Å². The normalized spacial score (nSPS) is 11.6. The fourth-order valence-electron chi connectivity index (χ4n) is 7.45. The first kappa shape index (κ1) is 28.3. The predicted octanol–water partition coefficient (Wildman–Crippen LogP) is 12.7. The average Bonchev–Trinajstić information content (AvgIpc) is 3.74. The number of benzene rings is 7. The summed E-state index contributed by atoms with van der Waals surface area (Å²) in [6.07, 6.45) is 0. The van der Waals surface area contributed by atoms with Crippen LogP contribution >= 0.6 is 0 Å². The van der Waals surface area contributed by atoms with E-state index in [1.807, 2.05) is 12.1 Å². The van der Waals surface area contributed by atoms with E-state index in [-0.39, 0.29) is 0 Å². The van der Waals surface area contributed by atoms with E-state index in [2.05, 4.69) is 174 Å². The van der Waals surface area contributed by atoms with Crippen molar-refractivity contribution in [3.8, 4) is 50.5 Å². The summed E-state index contributed by atoms with van der Waals surface area (Å²) < 4.78 is 9.45. The Balaban J connectivity index is 1.25. The standard InChI is InChI=1S/C47H30N2O/c1-5-14-31(15-6-1)34-24-25-40-44(30-34)49(36-20-11-4-12-21-36)43-27-26-39-38-23-13-22-37(46(38)50-47(39)45(40)43)35-28-41(32-16-7-2-8-17-32)48-42(29-35)33-18-9-3-10-19-33/h1-30H. The maximum Gasteiger partial charge on any atom is 0.145 e. The molecule has 3 aromatic heterocycles. The molecule has 3 heteroatoms. The van der Waals surface area contributed by atoms with Crippen molar-refractivity contribution in [1.82, 2.24) is 9.55 Å². The number of para-hydroxylation sites is 2. The van der Waals surface area contributed by atoms with Crippen molar-refractivity contribution in [2.45, 2.75) is 0 Å². The lowest BCUT2D eigenvalue weighted by molar-refractivity contribution is 0.674. The molecule has 0 saturated heterocycles. The summed E-state index contributed by atoms with van der Waals surface area (Å²) in [5.74, 6) is 0. The first-order valence-corrected chi connectivity index (χ1v) is 17.0. The lowest BCUT2D eigenvalue weighted by Crippen LogP contribution is -1.93. The molecule has 7 aromatic carbocycles. The quantitative estimate of drug-likeness (QED) is 0.188. The van der Waals surface area contributed by atoms with Crippen molar-refractivity contribution in [3.63, 3.8) is 0 Å². The van der Waals surface area contributed by atoms with Gasteiger partial charge in [-0.2, -0.15) is 0 Å². The van der Waals surface area contributed by atoms with E-state index in [9.17, 15) is 0 Å². The number of fused-ring (bicyclic) bond motifs is 7. The molecular formula is C47H30N2O. The highest BCUT2D eigenvalue weighted by Gasteiger charge is 2.21. The lowest BCUT2D eigenvalue weighted by atomic mass is 9.98. The van der Waals surface area contributed by atoms with Crippen LogP contribution in [-0.2, 0) is 0 Å². The van der Waals surface area contributed by atoms with Crippen molar-refractivity contribution >= 4 is 43.7 Å². The Morgan fingerprint density at radius 1 is 0.380 bits per heavy atom. The van der Waals surface area contributed by atoms with Gasteiger partial charge in [0, 0.05) is 38.5 Å². The van der Waals surface area contributed by atoms with Crippen molar-refractivity contribution in [1.29, 1.82) is 0 Å². The zero-order chi connectivity index (χ0) is 33.0. The highest BCUT2D eigenvalue weighted by molar-refractivity contribution is 6.25. The molecule has 0 aliphatic heterocycles. The molecule has 234 valence electrons. The maximum atomic E-state index is 7.08. The summed E-state index contributed by atoms with van der Waals surface area (Å²) >= 11 is 0. The van der Waals surface area contributed by atoms with Crippen LogP contribution in [0.15, 0.2) is 186 Å². The predicted molar refractivity (Wildman–Crippen MR) is 208 cm³/mol. The monoisotopic (exact) mass is 638 g/mol. The molecular weight excluding hydrogens is 609 g/mol. The summed E-state index contributed by atoms with van der Waals surface area (Å²) in [6.45, 7) is 0. The van der Waals surface area contributed by atoms with Gasteiger partial charge >= 0.3 is 0 Å². The fourth-order valence-corrected chi connectivity index (χ4v) is 7.45. The Bertz CT molecular complexity index is 2780. The van der Waals surface area contributed by atoms with E-state index < -0.39 is 0 Å². The van der Waals surface area contributed by atoms with Crippen LogP contribution in [0.5, 0.6) is 0 Å². The average molecular weight is 639 g/mol. The minimum absolute atomic E-state index is 0.876. The second-order valence-electron chi connectivity index (χ2n) is 12.7. The smallest absolute Gasteiger partial charge is 0.145 e. The Kier molecular flexibility index (Phi) is 6.49. The molecule has 0 bridgehead atoms. The minimum atomic E-state index is 0.876. The molecule has 0 fully saturated rings. The minimum Gasteiger partial charge on any atom is -0.455 e. The summed E-state index contributed by atoms with van der Waals surface area (Å²) in [5.41, 5.74) is 13.7. The molecule has 10 aromatic rings. The Labute approximate surface area is 289 Å². The van der Waals surface area contributed by atoms with Crippen LogP contribution in [0.4, 0.5) is 0 Å². The van der Waals surface area contributed by atoms with Crippen molar-refractivity contribution < 1.29 is 4.42 Å². The van der Waals surface area contributed by atoms with Crippen molar-refractivity contribution in [2.75, 3.05) is 0 Å². The zero-order valence-corrected chi connectivity index (χ0v) is 27.1. The summed E-state index contributed by atoms with van der Waals surface area (Å²) in [6, 6.07) is 64.1. The molecule has 0 spiro atoms. The van der Waals surface area contributed by atoms with Crippen LogP contribution in [0.1, 0.15) is 0 Å². The second kappa shape index (κ2) is 11.5. The van der Waals surface area contributed by atoms with Gasteiger partial charge in [-0.1, -0.05) is 140 Å². The van der Waals surface area contributed by atoms with Gasteiger partial charge in [-0.05, 0) is 59.2 Å². The second-order valence-corrected chi connectivity index (χ2v) is 12.7. The van der Waals surface area contributed by atoms with Crippen molar-refractivity contribution in [3.05, 3.63) is 182 Å². The third-order valence-corrected chi connectivity index (χ3v) is 9.79. The molecule has 3 heterocycles. The van der Waals surface area contributed by atoms with Crippen LogP contribution < -0.4 is 0 Å². The molecule has 0 aliphatic carbocycles. The first-order valence-electron chi connectivity index (χ1n) is 17.0. The molecule has 0 saturated carbocycles. The molecule has 3 nitrogen and oxygen atoms in total. The Hall–Kier alpha value is -6.71. The summed E-state index contributed by atoms with van der Waals surface area (Å²) in [5, 5.41) is 4.48. The number of hydrogen-bond donors (Lipinski definition) is 0. The molecule has 0 radical (unpaired) electrons. The number of nitrogens with zero attached hydrogens (tertiary/aromatic N) is 2. The van der Waals surface area contributed by atoms with Gasteiger partial charge in [0.2, 0.25) is 0 Å². The highest BCUT2D eigenvalue weighted by Crippen LogP contribution is 2.44. The zero-order valence-electron chi connectivity index (χ0n) is 27.1. The molecule has 0 aliphatic rings. The number of hydrogen-bond acceptors (Lipinski definition) is 2. The molecule has 50 heavy (non-hydrogen) atoms. The maximum absolute atomic E-state index is 7.08. The van der Waals surface area contributed by atoms with E-state index in [1.54, 1.807) is 0 Å². The van der Waals surface area contributed by atoms with E-state index >= 15 is 0 Å². The van der Waals surface area contributed by atoms with E-state index in [1.165, 1.54) is 11.1 Å². The molecule has 0 unspecified atom stereocenters. The molecule has 0 amide bonds. The summed E-state index contributed by atoms with van der Waals surface area (Å²) in [7, 11) is 0. The third-order valence-electron chi connectivity index (χ3n) is 9.79. The Morgan fingerprint density at radius 3 is 1.62 bits per heavy atom. The number of rotatable bonds is 5. The van der Waals surface area contributed by atoms with Crippen LogP contribution in [0.25, 0.3) is 94.2 Å². The SMILES string of the molecule is c1ccc(-c2ccc3c4c5oc6c(-c7cc(-c8ccccc8)nc(-c8ccccc8)c7)cccc6c5ccc4n(-c4ccccc4)c3c2)cc1. The number of aromatic nitrogens is 2. The van der Waals surface area contributed by atoms with Gasteiger partial charge < -0.3 is 8.98 Å². The molecule has 10 rings (SSSR count). The van der Waals surface area contributed by atoms with Gasteiger partial charge in [-0.15, -0.1) is 0 Å². The molecule has 0 N–H and O–H groups in total. The van der Waals surface area contributed by atoms with Gasteiger partial charge in [0.15, 0.2) is 0 Å². The topological polar surface area (TPSA) is 31.0 Å².